The van der Waals surface area contributed by atoms with Crippen molar-refractivity contribution < 1.29 is 0 Å². The lowest BCUT2D eigenvalue weighted by Crippen LogP contribution is -2.60. The second kappa shape index (κ2) is 13.5. The van der Waals surface area contributed by atoms with Crippen molar-refractivity contribution in [1.29, 1.82) is 0 Å². The fourth-order valence-electron chi connectivity index (χ4n) is 14.0. The molecule has 9 aromatic carbocycles. The fraction of sp³-hybridized carbons (Fsp3) is 0.194. The van der Waals surface area contributed by atoms with E-state index < -0.39 is 5.41 Å². The Morgan fingerprint density at radius 1 is 0.486 bits per heavy atom. The first-order valence-corrected chi connectivity index (χ1v) is 25.8. The van der Waals surface area contributed by atoms with Gasteiger partial charge in [-0.2, -0.15) is 0 Å². The molecule has 0 atom stereocenters. The van der Waals surface area contributed by atoms with Crippen LogP contribution in [0.5, 0.6) is 0 Å². The molecule has 0 saturated carbocycles. The molecule has 70 heavy (non-hydrogen) atoms. The number of aryl methyl sites for hydroxylation is 2. The summed E-state index contributed by atoms with van der Waals surface area (Å²) in [5.74, 6) is 0. The second-order valence-electron chi connectivity index (χ2n) is 22.6. The Morgan fingerprint density at radius 3 is 1.73 bits per heavy atom. The Morgan fingerprint density at radius 2 is 1.07 bits per heavy atom. The van der Waals surface area contributed by atoms with Crippen LogP contribution in [0.25, 0.3) is 88.4 Å². The molecular formula is C67H55BN2. The number of rotatable bonds is 6. The second-order valence-corrected chi connectivity index (χ2v) is 22.6. The highest BCUT2D eigenvalue weighted by Crippen LogP contribution is 2.63. The molecule has 5 heterocycles. The molecule has 15 rings (SSSR count). The molecule has 0 fully saturated rings. The SMILES string of the molecule is CCC(C)(C)c1cc2c3c(c1)c1cc(C(C)(C)CC)cc4c1n3-c1c(ccc3c1B2c1cc2ccccc2c2c(-c5ccccc5)c(-c5ccccc5)n-3c12)C41c2cc(C)ccc2-c2ccc(C)cc21. The molecule has 2 nitrogen and oxygen atoms in total. The largest absolute Gasteiger partial charge is 0.310 e. The van der Waals surface area contributed by atoms with Crippen LogP contribution >= 0.6 is 0 Å². The van der Waals surface area contributed by atoms with Crippen molar-refractivity contribution in [3.63, 3.8) is 0 Å². The van der Waals surface area contributed by atoms with E-state index in [0.29, 0.717) is 0 Å². The fourth-order valence-corrected chi connectivity index (χ4v) is 14.0. The Labute approximate surface area is 411 Å². The topological polar surface area (TPSA) is 9.86 Å². The molecule has 0 bridgehead atoms. The van der Waals surface area contributed by atoms with Crippen LogP contribution in [0.2, 0.25) is 0 Å². The summed E-state index contributed by atoms with van der Waals surface area (Å²) in [6, 6.07) is 64.5. The maximum Gasteiger partial charge on any atom is 0.252 e. The molecule has 1 aliphatic carbocycles. The normalized spacial score (nSPS) is 14.5. The average molecular weight is 899 g/mol. The van der Waals surface area contributed by atoms with E-state index in [9.17, 15) is 0 Å². The van der Waals surface area contributed by atoms with Gasteiger partial charge in [0.1, 0.15) is 0 Å². The summed E-state index contributed by atoms with van der Waals surface area (Å²) < 4.78 is 5.51. The van der Waals surface area contributed by atoms with Crippen molar-refractivity contribution in [3.05, 3.63) is 208 Å². The van der Waals surface area contributed by atoms with Gasteiger partial charge < -0.3 is 9.13 Å². The lowest BCUT2D eigenvalue weighted by Gasteiger charge is -2.44. The zero-order valence-electron chi connectivity index (χ0n) is 41.5. The van der Waals surface area contributed by atoms with Gasteiger partial charge in [0.2, 0.25) is 0 Å². The number of nitrogens with zero attached hydrogens (tertiary/aromatic N) is 2. The van der Waals surface area contributed by atoms with Gasteiger partial charge in [0, 0.05) is 38.6 Å². The summed E-state index contributed by atoms with van der Waals surface area (Å²) in [7, 11) is 0. The van der Waals surface area contributed by atoms with Gasteiger partial charge in [-0.15, -0.1) is 0 Å². The van der Waals surface area contributed by atoms with Gasteiger partial charge in [-0.25, -0.2) is 0 Å². The third-order valence-corrected chi connectivity index (χ3v) is 18.2. The summed E-state index contributed by atoms with van der Waals surface area (Å²) in [4.78, 5) is 0. The summed E-state index contributed by atoms with van der Waals surface area (Å²) in [5, 5.41) is 6.69. The molecule has 0 radical (unpaired) electrons. The van der Waals surface area contributed by atoms with Gasteiger partial charge in [-0.1, -0.05) is 198 Å². The highest BCUT2D eigenvalue weighted by Gasteiger charge is 2.55. The quantitative estimate of drug-likeness (QED) is 0.147. The van der Waals surface area contributed by atoms with Crippen molar-refractivity contribution in [2.45, 2.75) is 84.5 Å². The van der Waals surface area contributed by atoms with Gasteiger partial charge in [0.05, 0.1) is 22.1 Å². The van der Waals surface area contributed by atoms with Crippen LogP contribution < -0.4 is 16.4 Å². The monoisotopic (exact) mass is 898 g/mol. The van der Waals surface area contributed by atoms with Gasteiger partial charge >= 0.3 is 0 Å². The van der Waals surface area contributed by atoms with E-state index in [1.54, 1.807) is 0 Å². The van der Waals surface area contributed by atoms with E-state index in [0.717, 1.165) is 12.8 Å². The van der Waals surface area contributed by atoms with Crippen LogP contribution in [0.4, 0.5) is 0 Å². The lowest BCUT2D eigenvalue weighted by atomic mass is 9.33. The number of hydrogen-bond donors (Lipinski definition) is 0. The van der Waals surface area contributed by atoms with Crippen molar-refractivity contribution in [2.24, 2.45) is 0 Å². The van der Waals surface area contributed by atoms with E-state index in [-0.39, 0.29) is 17.5 Å². The van der Waals surface area contributed by atoms with Gasteiger partial charge in [0.25, 0.3) is 6.71 Å². The van der Waals surface area contributed by atoms with Crippen LogP contribution in [-0.2, 0) is 16.2 Å². The van der Waals surface area contributed by atoms with E-state index in [2.05, 4.69) is 228 Å². The molecule has 11 aromatic rings. The summed E-state index contributed by atoms with van der Waals surface area (Å²) >= 11 is 0. The predicted octanol–water partition coefficient (Wildman–Crippen LogP) is 15.0. The third-order valence-electron chi connectivity index (χ3n) is 18.2. The third kappa shape index (κ3) is 4.77. The summed E-state index contributed by atoms with van der Waals surface area (Å²) in [5.41, 5.74) is 29.1. The van der Waals surface area contributed by atoms with E-state index in [4.69, 9.17) is 0 Å². The Balaban J connectivity index is 1.23. The molecule has 336 valence electrons. The number of benzene rings is 9. The molecule has 2 aromatic heterocycles. The average Bonchev–Trinajstić information content (AvgIpc) is 4.02. The minimum atomic E-state index is -0.559. The minimum Gasteiger partial charge on any atom is -0.310 e. The van der Waals surface area contributed by atoms with E-state index >= 15 is 0 Å². The zero-order valence-corrected chi connectivity index (χ0v) is 41.5. The number of fused-ring (bicyclic) bond motifs is 13. The molecule has 3 aliphatic heterocycles. The van der Waals surface area contributed by atoms with Crippen LogP contribution in [0.1, 0.15) is 98.9 Å². The molecule has 0 unspecified atom stereocenters. The first kappa shape index (κ1) is 40.5. The Hall–Kier alpha value is -7.36. The maximum absolute atomic E-state index is 2.80. The van der Waals surface area contributed by atoms with Crippen LogP contribution in [-0.4, -0.2) is 15.8 Å². The maximum atomic E-state index is 2.80. The lowest BCUT2D eigenvalue weighted by molar-refractivity contribution is 0.505. The molecule has 4 aliphatic rings. The summed E-state index contributed by atoms with van der Waals surface area (Å²) in [6.45, 7) is 19.1. The minimum absolute atomic E-state index is 0.0147. The van der Waals surface area contributed by atoms with Crippen molar-refractivity contribution in [2.75, 3.05) is 0 Å². The number of aromatic nitrogens is 2. The molecule has 0 amide bonds. The highest BCUT2D eigenvalue weighted by molar-refractivity contribution is 7.00. The van der Waals surface area contributed by atoms with E-state index in [1.165, 1.54) is 149 Å². The summed E-state index contributed by atoms with van der Waals surface area (Å²) in [6.07, 6.45) is 2.09. The zero-order chi connectivity index (χ0) is 47.3. The van der Waals surface area contributed by atoms with Crippen molar-refractivity contribution in [3.8, 4) is 44.9 Å². The van der Waals surface area contributed by atoms with Crippen molar-refractivity contribution in [1.82, 2.24) is 9.13 Å². The van der Waals surface area contributed by atoms with Crippen LogP contribution in [0, 0.1) is 13.8 Å². The first-order chi connectivity index (χ1) is 34.0. The molecule has 0 N–H and O–H groups in total. The van der Waals surface area contributed by atoms with Crippen molar-refractivity contribution >= 4 is 66.6 Å². The molecule has 3 heteroatoms. The Kier molecular flexibility index (Phi) is 7.81. The molecular weight excluding hydrogens is 844 g/mol. The highest BCUT2D eigenvalue weighted by atomic mass is 15.1. The first-order valence-electron chi connectivity index (χ1n) is 25.8. The van der Waals surface area contributed by atoms with Gasteiger partial charge in [-0.3, -0.25) is 0 Å². The van der Waals surface area contributed by atoms with E-state index in [1.807, 2.05) is 0 Å². The van der Waals surface area contributed by atoms with Crippen LogP contribution in [0.15, 0.2) is 164 Å². The standard InChI is InChI=1S/C67H55BN2/c1-9-65(5,6)43-34-48-49-35-44(66(7,8)10-2)37-55-62(49)70-61(48)53(36-43)67(51-31-38(3)25-27-46(51)47-28-26-39(4)32-52(47)67)50-29-30-56-59(63(50)70)68(55)54-33-42-23-17-18-24-45(42)58-57(40-19-13-11-14-20-40)60(69(56)64(54)58)41-21-15-12-16-22-41/h11-37H,9-10H2,1-8H3. The smallest absolute Gasteiger partial charge is 0.252 e. The van der Waals surface area contributed by atoms with Gasteiger partial charge in [0.15, 0.2) is 0 Å². The van der Waals surface area contributed by atoms with Gasteiger partial charge in [-0.05, 0) is 139 Å². The predicted molar refractivity (Wildman–Crippen MR) is 298 cm³/mol. The Bertz CT molecular complexity index is 4110. The number of hydrogen-bond acceptors (Lipinski definition) is 0. The molecule has 1 spiro atoms. The molecule has 0 saturated heterocycles. The van der Waals surface area contributed by atoms with Crippen LogP contribution in [0.3, 0.4) is 0 Å².